The maximum Gasteiger partial charge on any atom is 0.416 e. The number of halogens is 3. The third kappa shape index (κ3) is 5.45. The number of rotatable bonds is 6. The number of hydrogen-bond acceptors (Lipinski definition) is 4. The van der Waals surface area contributed by atoms with E-state index in [1.54, 1.807) is 53.4 Å². The predicted octanol–water partition coefficient (Wildman–Crippen LogP) is 4.76. The number of aliphatic hydroxyl groups is 1. The smallest absolute Gasteiger partial charge is 0.390 e. The Bertz CT molecular complexity index is 1250. The van der Waals surface area contributed by atoms with Crippen LogP contribution < -0.4 is 5.32 Å². The summed E-state index contributed by atoms with van der Waals surface area (Å²) in [6.07, 6.45) is 0.250. The molecule has 0 saturated heterocycles. The van der Waals surface area contributed by atoms with Crippen LogP contribution in [0.3, 0.4) is 0 Å². The summed E-state index contributed by atoms with van der Waals surface area (Å²) in [6, 6.07) is 15.6. The van der Waals surface area contributed by atoms with E-state index in [1.807, 2.05) is 6.07 Å². The normalized spacial score (nSPS) is 11.4. The monoisotopic (exact) mass is 452 g/mol. The highest BCUT2D eigenvalue weighted by Crippen LogP contribution is 2.29. The topological polar surface area (TPSA) is 80.0 Å². The first-order valence-corrected chi connectivity index (χ1v) is 9.97. The largest absolute Gasteiger partial charge is 0.416 e. The lowest BCUT2D eigenvalue weighted by atomic mass is 10.1. The van der Waals surface area contributed by atoms with Crippen molar-refractivity contribution in [3.8, 4) is 11.1 Å². The molecule has 168 valence electrons. The van der Waals surface area contributed by atoms with Crippen LogP contribution >= 0.6 is 0 Å². The van der Waals surface area contributed by atoms with Crippen LogP contribution in [0.15, 0.2) is 79.4 Å². The second kappa shape index (κ2) is 9.25. The average molecular weight is 452 g/mol. The van der Waals surface area contributed by atoms with Crippen LogP contribution in [0.2, 0.25) is 0 Å². The van der Waals surface area contributed by atoms with Gasteiger partial charge in [-0.2, -0.15) is 13.2 Å². The van der Waals surface area contributed by atoms with Gasteiger partial charge in [-0.05, 0) is 41.5 Å². The van der Waals surface area contributed by atoms with Crippen molar-refractivity contribution in [3.05, 3.63) is 102 Å². The molecular weight excluding hydrogens is 433 g/mol. The molecule has 0 aliphatic carbocycles. The van der Waals surface area contributed by atoms with Crippen molar-refractivity contribution in [2.75, 3.05) is 5.32 Å². The van der Waals surface area contributed by atoms with Crippen LogP contribution in [-0.4, -0.2) is 25.5 Å². The number of carbonyl (C=O) groups excluding carboxylic acids is 1. The van der Waals surface area contributed by atoms with Gasteiger partial charge in [0.05, 0.1) is 24.2 Å². The van der Waals surface area contributed by atoms with Crippen molar-refractivity contribution in [3.63, 3.8) is 0 Å². The first-order chi connectivity index (χ1) is 15.8. The lowest BCUT2D eigenvalue weighted by Gasteiger charge is -2.09. The number of imidazole rings is 1. The molecule has 0 saturated carbocycles. The molecule has 0 bridgehead atoms. The zero-order valence-electron chi connectivity index (χ0n) is 17.3. The van der Waals surface area contributed by atoms with Gasteiger partial charge < -0.3 is 15.0 Å². The van der Waals surface area contributed by atoms with E-state index in [9.17, 15) is 18.0 Å². The van der Waals surface area contributed by atoms with Crippen LogP contribution in [0.1, 0.15) is 27.2 Å². The summed E-state index contributed by atoms with van der Waals surface area (Å²) in [5, 5.41) is 11.8. The maximum atomic E-state index is 12.9. The van der Waals surface area contributed by atoms with Gasteiger partial charge >= 0.3 is 6.18 Å². The molecule has 1 amide bonds. The van der Waals surface area contributed by atoms with Gasteiger partial charge in [-0.15, -0.1) is 0 Å². The summed E-state index contributed by atoms with van der Waals surface area (Å²) in [7, 11) is 0. The number of nitrogens with one attached hydrogen (secondary N) is 1. The van der Waals surface area contributed by atoms with E-state index in [-0.39, 0.29) is 19.1 Å². The van der Waals surface area contributed by atoms with E-state index in [0.29, 0.717) is 22.6 Å². The highest BCUT2D eigenvalue weighted by atomic mass is 19.4. The van der Waals surface area contributed by atoms with Crippen molar-refractivity contribution in [2.45, 2.75) is 19.3 Å². The Labute approximate surface area is 187 Å². The Balaban J connectivity index is 1.40. The molecule has 2 aromatic carbocycles. The van der Waals surface area contributed by atoms with Gasteiger partial charge in [-0.1, -0.05) is 30.3 Å². The Morgan fingerprint density at radius 2 is 1.76 bits per heavy atom. The molecule has 0 fully saturated rings. The molecule has 0 atom stereocenters. The van der Waals surface area contributed by atoms with Crippen molar-refractivity contribution in [2.24, 2.45) is 0 Å². The number of aromatic nitrogens is 3. The lowest BCUT2D eigenvalue weighted by Crippen LogP contribution is -2.12. The fourth-order valence-corrected chi connectivity index (χ4v) is 3.26. The third-order valence-corrected chi connectivity index (χ3v) is 4.96. The standard InChI is InChI=1S/C24H19F3N4O2/c25-24(26,27)20-3-1-2-16(10-20)12-31-13-22(29-15-31)30-23(33)18-6-4-17(5-7-18)19-8-9-21(14-32)28-11-19/h1-11,13,15,32H,12,14H2,(H,30,33). The Morgan fingerprint density at radius 1 is 1.00 bits per heavy atom. The van der Waals surface area contributed by atoms with Gasteiger partial charge in [0, 0.05) is 30.1 Å². The number of alkyl halides is 3. The van der Waals surface area contributed by atoms with E-state index in [0.717, 1.165) is 23.3 Å². The van der Waals surface area contributed by atoms with E-state index in [1.165, 1.54) is 12.4 Å². The number of aliphatic hydroxyl groups excluding tert-OH is 1. The van der Waals surface area contributed by atoms with Crippen molar-refractivity contribution in [1.29, 1.82) is 0 Å². The summed E-state index contributed by atoms with van der Waals surface area (Å²) < 4.78 is 40.3. The fourth-order valence-electron chi connectivity index (χ4n) is 3.26. The molecule has 0 aliphatic rings. The average Bonchev–Trinajstić information content (AvgIpc) is 3.25. The molecule has 4 rings (SSSR count). The number of amides is 1. The minimum absolute atomic E-state index is 0.130. The lowest BCUT2D eigenvalue weighted by molar-refractivity contribution is -0.137. The molecule has 33 heavy (non-hydrogen) atoms. The number of carbonyl (C=O) groups is 1. The molecule has 6 nitrogen and oxygen atoms in total. The molecule has 0 unspecified atom stereocenters. The Kier molecular flexibility index (Phi) is 6.23. The SMILES string of the molecule is O=C(Nc1cn(Cc2cccc(C(F)(F)F)c2)cn1)c1ccc(-c2ccc(CO)nc2)cc1. The number of pyridine rings is 1. The minimum Gasteiger partial charge on any atom is -0.390 e. The molecule has 0 aliphatic heterocycles. The molecule has 0 radical (unpaired) electrons. The second-order valence-corrected chi connectivity index (χ2v) is 7.36. The zero-order valence-corrected chi connectivity index (χ0v) is 17.3. The van der Waals surface area contributed by atoms with Gasteiger partial charge in [-0.25, -0.2) is 4.98 Å². The summed E-state index contributed by atoms with van der Waals surface area (Å²) in [6.45, 7) is 0.0552. The van der Waals surface area contributed by atoms with Crippen LogP contribution in [0, 0.1) is 0 Å². The van der Waals surface area contributed by atoms with Crippen LogP contribution in [-0.2, 0) is 19.3 Å². The number of benzene rings is 2. The highest BCUT2D eigenvalue weighted by Gasteiger charge is 2.30. The maximum absolute atomic E-state index is 12.9. The summed E-state index contributed by atoms with van der Waals surface area (Å²) >= 11 is 0. The van der Waals surface area contributed by atoms with Crippen molar-refractivity contribution in [1.82, 2.24) is 14.5 Å². The van der Waals surface area contributed by atoms with E-state index < -0.39 is 11.7 Å². The van der Waals surface area contributed by atoms with Crippen LogP contribution in [0.25, 0.3) is 11.1 Å². The molecule has 2 N–H and O–H groups in total. The minimum atomic E-state index is -4.40. The van der Waals surface area contributed by atoms with Gasteiger partial charge in [-0.3, -0.25) is 9.78 Å². The second-order valence-electron chi connectivity index (χ2n) is 7.36. The van der Waals surface area contributed by atoms with Crippen LogP contribution in [0.5, 0.6) is 0 Å². The molecule has 2 aromatic heterocycles. The van der Waals surface area contributed by atoms with Crippen molar-refractivity contribution < 1.29 is 23.1 Å². The Hall–Kier alpha value is -3.98. The van der Waals surface area contributed by atoms with E-state index in [4.69, 9.17) is 5.11 Å². The van der Waals surface area contributed by atoms with Crippen molar-refractivity contribution >= 4 is 11.7 Å². The Morgan fingerprint density at radius 3 is 2.42 bits per heavy atom. The molecule has 2 heterocycles. The number of hydrogen-bond donors (Lipinski definition) is 2. The summed E-state index contributed by atoms with van der Waals surface area (Å²) in [5.41, 5.74) is 2.48. The fraction of sp³-hybridized carbons (Fsp3) is 0.125. The van der Waals surface area contributed by atoms with Gasteiger partial charge in [0.2, 0.25) is 0 Å². The highest BCUT2D eigenvalue weighted by molar-refractivity contribution is 6.03. The quantitative estimate of drug-likeness (QED) is 0.442. The molecular formula is C24H19F3N4O2. The first-order valence-electron chi connectivity index (χ1n) is 9.97. The molecule has 0 spiro atoms. The number of nitrogens with zero attached hydrogens (tertiary/aromatic N) is 3. The van der Waals surface area contributed by atoms with E-state index in [2.05, 4.69) is 15.3 Å². The molecule has 9 heteroatoms. The van der Waals surface area contributed by atoms with Crippen LogP contribution in [0.4, 0.5) is 19.0 Å². The van der Waals surface area contributed by atoms with Gasteiger partial charge in [0.15, 0.2) is 5.82 Å². The number of anilines is 1. The van der Waals surface area contributed by atoms with Gasteiger partial charge in [0.25, 0.3) is 5.91 Å². The summed E-state index contributed by atoms with van der Waals surface area (Å²) in [5.74, 6) is -0.0699. The van der Waals surface area contributed by atoms with E-state index >= 15 is 0 Å². The molecule has 4 aromatic rings. The zero-order chi connectivity index (χ0) is 23.4. The van der Waals surface area contributed by atoms with Gasteiger partial charge in [0.1, 0.15) is 0 Å². The third-order valence-electron chi connectivity index (χ3n) is 4.96. The predicted molar refractivity (Wildman–Crippen MR) is 116 cm³/mol. The first kappa shape index (κ1) is 22.2. The summed E-state index contributed by atoms with van der Waals surface area (Å²) in [4.78, 5) is 20.8.